The number of rotatable bonds is 3. The molecule has 0 fully saturated rings. The van der Waals surface area contributed by atoms with Gasteiger partial charge in [0, 0.05) is 10.6 Å². The van der Waals surface area contributed by atoms with Gasteiger partial charge in [-0.15, -0.1) is 22.7 Å². The van der Waals surface area contributed by atoms with Crippen molar-refractivity contribution in [1.82, 2.24) is 14.5 Å². The third-order valence-electron chi connectivity index (χ3n) is 3.73. The van der Waals surface area contributed by atoms with E-state index in [-0.39, 0.29) is 18.0 Å². The van der Waals surface area contributed by atoms with Gasteiger partial charge in [-0.3, -0.25) is 14.2 Å². The van der Waals surface area contributed by atoms with Crippen LogP contribution in [-0.2, 0) is 11.3 Å². The quantitative estimate of drug-likeness (QED) is 0.600. The lowest BCUT2D eigenvalue weighted by Crippen LogP contribution is -2.27. The largest absolute Gasteiger partial charge is 0.324 e. The summed E-state index contributed by atoms with van der Waals surface area (Å²) in [5, 5.41) is 4.36. The summed E-state index contributed by atoms with van der Waals surface area (Å²) in [6.07, 6.45) is 1.43. The Kier molecular flexibility index (Phi) is 3.85. The van der Waals surface area contributed by atoms with E-state index in [2.05, 4.69) is 15.3 Å². The highest BCUT2D eigenvalue weighted by Crippen LogP contribution is 2.24. The molecule has 3 aromatic heterocycles. The van der Waals surface area contributed by atoms with Crippen molar-refractivity contribution in [2.24, 2.45) is 0 Å². The molecule has 1 aromatic carbocycles. The summed E-state index contributed by atoms with van der Waals surface area (Å²) in [6, 6.07) is 7.39. The molecule has 0 bridgehead atoms. The molecule has 0 aliphatic carbocycles. The fourth-order valence-corrected chi connectivity index (χ4v) is 4.37. The van der Waals surface area contributed by atoms with Crippen molar-refractivity contribution in [1.29, 1.82) is 0 Å². The van der Waals surface area contributed by atoms with Crippen LogP contribution in [0.5, 0.6) is 0 Å². The molecule has 0 unspecified atom stereocenters. The topological polar surface area (TPSA) is 76.9 Å². The standard InChI is InChI=1S/C17H14N4O2S2/c1-9-5-12-16(24-9)18-8-21(17(12)23)7-15(22)20-11-3-4-13-14(6-11)25-10(2)19-13/h3-6,8H,7H2,1-2H3,(H,20,22). The van der Waals surface area contributed by atoms with Crippen molar-refractivity contribution in [3.63, 3.8) is 0 Å². The van der Waals surface area contributed by atoms with Gasteiger partial charge in [-0.05, 0) is 38.1 Å². The van der Waals surface area contributed by atoms with Gasteiger partial charge in [0.2, 0.25) is 5.91 Å². The second kappa shape index (κ2) is 6.05. The first-order valence-electron chi connectivity index (χ1n) is 7.62. The average Bonchev–Trinajstić information content (AvgIpc) is 3.11. The predicted molar refractivity (Wildman–Crippen MR) is 102 cm³/mol. The number of aryl methyl sites for hydroxylation is 2. The molecular formula is C17H14N4O2S2. The van der Waals surface area contributed by atoms with Gasteiger partial charge in [-0.2, -0.15) is 0 Å². The molecule has 126 valence electrons. The zero-order valence-electron chi connectivity index (χ0n) is 13.6. The minimum atomic E-state index is -0.268. The third-order valence-corrected chi connectivity index (χ3v) is 5.63. The molecular weight excluding hydrogens is 356 g/mol. The first kappa shape index (κ1) is 15.9. The number of thiophene rings is 1. The molecule has 8 heteroatoms. The highest BCUT2D eigenvalue weighted by Gasteiger charge is 2.11. The van der Waals surface area contributed by atoms with Gasteiger partial charge in [0.05, 0.1) is 26.9 Å². The molecule has 6 nitrogen and oxygen atoms in total. The number of benzene rings is 1. The number of aromatic nitrogens is 3. The first-order valence-corrected chi connectivity index (χ1v) is 9.25. The Balaban J connectivity index is 1.56. The van der Waals surface area contributed by atoms with Crippen LogP contribution in [0.2, 0.25) is 0 Å². The third kappa shape index (κ3) is 3.06. The van der Waals surface area contributed by atoms with E-state index >= 15 is 0 Å². The Morgan fingerprint density at radius 3 is 2.92 bits per heavy atom. The summed E-state index contributed by atoms with van der Waals surface area (Å²) < 4.78 is 2.35. The van der Waals surface area contributed by atoms with Crippen LogP contribution in [0.1, 0.15) is 9.88 Å². The fraction of sp³-hybridized carbons (Fsp3) is 0.176. The number of nitrogens with one attached hydrogen (secondary N) is 1. The van der Waals surface area contributed by atoms with E-state index in [1.54, 1.807) is 11.3 Å². The van der Waals surface area contributed by atoms with Gasteiger partial charge in [-0.25, -0.2) is 9.97 Å². The number of carbonyl (C=O) groups is 1. The molecule has 4 aromatic rings. The van der Waals surface area contributed by atoms with Crippen molar-refractivity contribution in [2.45, 2.75) is 20.4 Å². The SMILES string of the molecule is Cc1cc2c(=O)n(CC(=O)Nc3ccc4nc(C)sc4c3)cnc2s1. The van der Waals surface area contributed by atoms with E-state index in [0.717, 1.165) is 20.1 Å². The number of amides is 1. The molecule has 0 spiro atoms. The molecule has 0 atom stereocenters. The molecule has 25 heavy (non-hydrogen) atoms. The second-order valence-electron chi connectivity index (χ2n) is 5.72. The van der Waals surface area contributed by atoms with Crippen LogP contribution in [0.4, 0.5) is 5.69 Å². The maximum Gasteiger partial charge on any atom is 0.262 e. The van der Waals surface area contributed by atoms with Gasteiger partial charge in [0.25, 0.3) is 5.56 Å². The van der Waals surface area contributed by atoms with E-state index in [1.807, 2.05) is 38.1 Å². The van der Waals surface area contributed by atoms with Crippen molar-refractivity contribution in [3.05, 3.63) is 50.8 Å². The van der Waals surface area contributed by atoms with Crippen LogP contribution in [-0.4, -0.2) is 20.4 Å². The molecule has 1 amide bonds. The monoisotopic (exact) mass is 370 g/mol. The van der Waals surface area contributed by atoms with E-state index < -0.39 is 0 Å². The Morgan fingerprint density at radius 2 is 2.08 bits per heavy atom. The van der Waals surface area contributed by atoms with Gasteiger partial charge >= 0.3 is 0 Å². The van der Waals surface area contributed by atoms with Gasteiger partial charge in [0.15, 0.2) is 0 Å². The summed E-state index contributed by atoms with van der Waals surface area (Å²) >= 11 is 3.05. The van der Waals surface area contributed by atoms with Gasteiger partial charge < -0.3 is 5.32 Å². The smallest absolute Gasteiger partial charge is 0.262 e. The average molecular weight is 370 g/mol. The Bertz CT molecular complexity index is 1170. The lowest BCUT2D eigenvalue weighted by Gasteiger charge is -2.07. The Hall–Kier alpha value is -2.58. The summed E-state index contributed by atoms with van der Waals surface area (Å²) in [6.45, 7) is 3.81. The molecule has 0 saturated heterocycles. The summed E-state index contributed by atoms with van der Waals surface area (Å²) in [7, 11) is 0. The highest BCUT2D eigenvalue weighted by molar-refractivity contribution is 7.18. The zero-order valence-corrected chi connectivity index (χ0v) is 15.2. The fourth-order valence-electron chi connectivity index (χ4n) is 2.67. The van der Waals surface area contributed by atoms with E-state index in [4.69, 9.17) is 0 Å². The minimum absolute atomic E-state index is 0.0730. The number of hydrogen-bond donors (Lipinski definition) is 1. The summed E-state index contributed by atoms with van der Waals surface area (Å²) in [5.41, 5.74) is 1.41. The molecule has 3 heterocycles. The number of fused-ring (bicyclic) bond motifs is 2. The van der Waals surface area contributed by atoms with Crippen molar-refractivity contribution < 1.29 is 4.79 Å². The number of thiazole rings is 1. The molecule has 4 rings (SSSR count). The normalized spacial score (nSPS) is 11.3. The summed E-state index contributed by atoms with van der Waals surface area (Å²) in [4.78, 5) is 35.1. The Labute approximate surface area is 150 Å². The first-order chi connectivity index (χ1) is 12.0. The van der Waals surface area contributed by atoms with Gasteiger partial charge in [-0.1, -0.05) is 0 Å². The van der Waals surface area contributed by atoms with Crippen LogP contribution in [0.15, 0.2) is 35.4 Å². The van der Waals surface area contributed by atoms with Crippen LogP contribution >= 0.6 is 22.7 Å². The number of carbonyl (C=O) groups excluding carboxylic acids is 1. The maximum absolute atomic E-state index is 12.5. The molecule has 1 N–H and O–H groups in total. The number of nitrogens with zero attached hydrogens (tertiary/aromatic N) is 3. The van der Waals surface area contributed by atoms with E-state index in [9.17, 15) is 9.59 Å². The molecule has 0 radical (unpaired) electrons. The van der Waals surface area contributed by atoms with Crippen LogP contribution in [0.25, 0.3) is 20.4 Å². The minimum Gasteiger partial charge on any atom is -0.324 e. The van der Waals surface area contributed by atoms with Crippen molar-refractivity contribution in [2.75, 3.05) is 5.32 Å². The van der Waals surface area contributed by atoms with Crippen molar-refractivity contribution >= 4 is 54.7 Å². The zero-order chi connectivity index (χ0) is 17.6. The van der Waals surface area contributed by atoms with E-state index in [1.165, 1.54) is 22.2 Å². The molecule has 0 saturated carbocycles. The highest BCUT2D eigenvalue weighted by atomic mass is 32.1. The van der Waals surface area contributed by atoms with Crippen molar-refractivity contribution in [3.8, 4) is 0 Å². The lowest BCUT2D eigenvalue weighted by atomic mass is 10.3. The predicted octanol–water partition coefficient (Wildman–Crippen LogP) is 3.32. The second-order valence-corrected chi connectivity index (χ2v) is 8.19. The number of anilines is 1. The number of hydrogen-bond acceptors (Lipinski definition) is 6. The van der Waals surface area contributed by atoms with Crippen LogP contribution in [0, 0.1) is 13.8 Å². The molecule has 0 aliphatic heterocycles. The van der Waals surface area contributed by atoms with E-state index in [0.29, 0.717) is 15.9 Å². The lowest BCUT2D eigenvalue weighted by molar-refractivity contribution is -0.116. The van der Waals surface area contributed by atoms with Crippen LogP contribution in [0.3, 0.4) is 0 Å². The molecule has 0 aliphatic rings. The van der Waals surface area contributed by atoms with Crippen LogP contribution < -0.4 is 10.9 Å². The maximum atomic E-state index is 12.5. The Morgan fingerprint density at radius 1 is 1.24 bits per heavy atom. The van der Waals surface area contributed by atoms with Gasteiger partial charge in [0.1, 0.15) is 11.4 Å². The summed E-state index contributed by atoms with van der Waals surface area (Å²) in [5.74, 6) is -0.268.